The maximum atomic E-state index is 6.17. The van der Waals surface area contributed by atoms with Gasteiger partial charge in [-0.25, -0.2) is 0 Å². The molecule has 0 aromatic heterocycles. The van der Waals surface area contributed by atoms with Gasteiger partial charge < -0.3 is 0 Å². The Hall–Kier alpha value is 0.0600. The van der Waals surface area contributed by atoms with Crippen molar-refractivity contribution in [3.8, 4) is 0 Å². The van der Waals surface area contributed by atoms with Gasteiger partial charge in [-0.2, -0.15) is 0 Å². The Balaban J connectivity index is 2.41. The van der Waals surface area contributed by atoms with Gasteiger partial charge in [0.2, 0.25) is 0 Å². The third-order valence-electron chi connectivity index (χ3n) is 2.44. The van der Waals surface area contributed by atoms with Crippen LogP contribution in [0.5, 0.6) is 0 Å². The Morgan fingerprint density at radius 2 is 1.00 bits per heavy atom. The molecule has 0 saturated carbocycles. The van der Waals surface area contributed by atoms with Gasteiger partial charge in [-0.1, -0.05) is 24.3 Å². The van der Waals surface area contributed by atoms with Gasteiger partial charge in [-0.15, -0.1) is 23.2 Å². The standard InChI is InChI=1S/C12H18Cl2/c13-11-9-7-5-3-1-2-4-6-8-10-12(11)14/h3-6,11-12H,1-2,7-10H2. The summed E-state index contributed by atoms with van der Waals surface area (Å²) in [5, 5.41) is 0.239. The predicted molar refractivity (Wildman–Crippen MR) is 65.3 cm³/mol. The summed E-state index contributed by atoms with van der Waals surface area (Å²) in [7, 11) is 0. The van der Waals surface area contributed by atoms with Crippen LogP contribution in [0.4, 0.5) is 0 Å². The zero-order valence-corrected chi connectivity index (χ0v) is 9.97. The van der Waals surface area contributed by atoms with Crippen LogP contribution < -0.4 is 0 Å². The van der Waals surface area contributed by atoms with E-state index < -0.39 is 0 Å². The molecule has 0 aromatic rings. The molecule has 0 fully saturated rings. The van der Waals surface area contributed by atoms with E-state index in [9.17, 15) is 0 Å². The Kier molecular flexibility index (Phi) is 6.38. The van der Waals surface area contributed by atoms with Gasteiger partial charge in [0, 0.05) is 0 Å². The van der Waals surface area contributed by atoms with Crippen molar-refractivity contribution in [2.24, 2.45) is 0 Å². The first-order chi connectivity index (χ1) is 6.80. The second kappa shape index (κ2) is 7.36. The second-order valence-corrected chi connectivity index (χ2v) is 4.83. The number of hydrogen-bond acceptors (Lipinski definition) is 0. The van der Waals surface area contributed by atoms with Gasteiger partial charge >= 0.3 is 0 Å². The molecule has 0 N–H and O–H groups in total. The second-order valence-electron chi connectivity index (χ2n) is 3.71. The maximum absolute atomic E-state index is 6.17. The van der Waals surface area contributed by atoms with E-state index in [1.165, 1.54) is 0 Å². The van der Waals surface area contributed by atoms with Gasteiger partial charge in [-0.05, 0) is 38.5 Å². The Morgan fingerprint density at radius 3 is 1.43 bits per heavy atom. The molecule has 0 heterocycles. The molecular formula is C12H18Cl2. The van der Waals surface area contributed by atoms with Crippen molar-refractivity contribution >= 4 is 23.2 Å². The van der Waals surface area contributed by atoms with Crippen LogP contribution in [0.2, 0.25) is 0 Å². The maximum Gasteiger partial charge on any atom is 0.0502 e. The largest absolute Gasteiger partial charge is 0.121 e. The minimum absolute atomic E-state index is 0.120. The quantitative estimate of drug-likeness (QED) is 0.421. The fourth-order valence-corrected chi connectivity index (χ4v) is 2.04. The summed E-state index contributed by atoms with van der Waals surface area (Å²) < 4.78 is 0. The lowest BCUT2D eigenvalue weighted by Gasteiger charge is -2.14. The fourth-order valence-electron chi connectivity index (χ4n) is 1.54. The van der Waals surface area contributed by atoms with Gasteiger partial charge in [0.15, 0.2) is 0 Å². The molecule has 2 atom stereocenters. The molecule has 1 rings (SSSR count). The summed E-state index contributed by atoms with van der Waals surface area (Å²) in [6.45, 7) is 0. The van der Waals surface area contributed by atoms with Crippen LogP contribution in [-0.2, 0) is 0 Å². The first kappa shape index (κ1) is 12.1. The van der Waals surface area contributed by atoms with Crippen molar-refractivity contribution in [2.45, 2.75) is 49.3 Å². The molecule has 1 aliphatic rings. The number of hydrogen-bond donors (Lipinski definition) is 0. The molecule has 2 heteroatoms. The van der Waals surface area contributed by atoms with E-state index >= 15 is 0 Å². The van der Waals surface area contributed by atoms with Crippen LogP contribution >= 0.6 is 23.2 Å². The van der Waals surface area contributed by atoms with E-state index in [0.717, 1.165) is 38.5 Å². The lowest BCUT2D eigenvalue weighted by Crippen LogP contribution is -2.14. The third-order valence-corrected chi connectivity index (χ3v) is 3.62. The predicted octanol–water partition coefficient (Wildman–Crippen LogP) is 4.67. The third kappa shape index (κ3) is 5.07. The molecule has 0 aliphatic heterocycles. The van der Waals surface area contributed by atoms with Crippen molar-refractivity contribution in [3.63, 3.8) is 0 Å². The van der Waals surface area contributed by atoms with E-state index in [1.54, 1.807) is 0 Å². The Morgan fingerprint density at radius 1 is 0.643 bits per heavy atom. The lowest BCUT2D eigenvalue weighted by atomic mass is 10.1. The Labute approximate surface area is 97.0 Å². The minimum Gasteiger partial charge on any atom is -0.121 e. The van der Waals surface area contributed by atoms with E-state index in [2.05, 4.69) is 24.3 Å². The van der Waals surface area contributed by atoms with Crippen molar-refractivity contribution in [3.05, 3.63) is 24.3 Å². The summed E-state index contributed by atoms with van der Waals surface area (Å²) in [5.74, 6) is 0. The molecule has 2 unspecified atom stereocenters. The lowest BCUT2D eigenvalue weighted by molar-refractivity contribution is 0.666. The van der Waals surface area contributed by atoms with Crippen LogP contribution in [0, 0.1) is 0 Å². The SMILES string of the molecule is ClC1CCC=CCCC=CCCC1Cl. The van der Waals surface area contributed by atoms with Crippen LogP contribution in [0.3, 0.4) is 0 Å². The molecule has 0 spiro atoms. The van der Waals surface area contributed by atoms with E-state index in [1.807, 2.05) is 0 Å². The minimum atomic E-state index is 0.120. The summed E-state index contributed by atoms with van der Waals surface area (Å²) in [6, 6.07) is 0. The van der Waals surface area contributed by atoms with Crippen molar-refractivity contribution in [1.29, 1.82) is 0 Å². The normalized spacial score (nSPS) is 30.7. The highest BCUT2D eigenvalue weighted by Crippen LogP contribution is 2.21. The summed E-state index contributed by atoms with van der Waals surface area (Å²) in [6.07, 6.45) is 15.3. The average molecular weight is 233 g/mol. The zero-order valence-electron chi connectivity index (χ0n) is 8.46. The molecule has 0 nitrogen and oxygen atoms in total. The highest BCUT2D eigenvalue weighted by atomic mass is 35.5. The first-order valence-electron chi connectivity index (χ1n) is 5.39. The smallest absolute Gasteiger partial charge is 0.0502 e. The molecule has 0 bridgehead atoms. The highest BCUT2D eigenvalue weighted by molar-refractivity contribution is 6.29. The van der Waals surface area contributed by atoms with Gasteiger partial charge in [-0.3, -0.25) is 0 Å². The Bertz CT molecular complexity index is 174. The summed E-state index contributed by atoms with van der Waals surface area (Å²) in [4.78, 5) is 0. The monoisotopic (exact) mass is 232 g/mol. The van der Waals surface area contributed by atoms with Crippen LogP contribution in [0.15, 0.2) is 24.3 Å². The van der Waals surface area contributed by atoms with Crippen LogP contribution in [-0.4, -0.2) is 10.8 Å². The van der Waals surface area contributed by atoms with Crippen molar-refractivity contribution in [2.75, 3.05) is 0 Å². The number of alkyl halides is 2. The molecule has 80 valence electrons. The molecule has 0 amide bonds. The van der Waals surface area contributed by atoms with Gasteiger partial charge in [0.1, 0.15) is 0 Å². The summed E-state index contributed by atoms with van der Waals surface area (Å²) in [5.41, 5.74) is 0. The van der Waals surface area contributed by atoms with Crippen LogP contribution in [0.25, 0.3) is 0 Å². The van der Waals surface area contributed by atoms with E-state index in [-0.39, 0.29) is 10.8 Å². The molecule has 1 aliphatic carbocycles. The van der Waals surface area contributed by atoms with E-state index in [0.29, 0.717) is 0 Å². The average Bonchev–Trinajstić information content (AvgIpc) is 2.18. The topological polar surface area (TPSA) is 0 Å². The molecule has 14 heavy (non-hydrogen) atoms. The summed E-state index contributed by atoms with van der Waals surface area (Å²) >= 11 is 12.3. The molecule has 0 saturated heterocycles. The molecule has 0 aromatic carbocycles. The number of rotatable bonds is 0. The number of halogens is 2. The fraction of sp³-hybridized carbons (Fsp3) is 0.667. The molecule has 0 radical (unpaired) electrons. The highest BCUT2D eigenvalue weighted by Gasteiger charge is 2.14. The van der Waals surface area contributed by atoms with Crippen molar-refractivity contribution < 1.29 is 0 Å². The van der Waals surface area contributed by atoms with Crippen molar-refractivity contribution in [1.82, 2.24) is 0 Å². The van der Waals surface area contributed by atoms with Crippen LogP contribution in [0.1, 0.15) is 38.5 Å². The number of allylic oxidation sites excluding steroid dienone is 4. The van der Waals surface area contributed by atoms with E-state index in [4.69, 9.17) is 23.2 Å². The van der Waals surface area contributed by atoms with Gasteiger partial charge in [0.05, 0.1) is 10.8 Å². The first-order valence-corrected chi connectivity index (χ1v) is 6.26. The zero-order chi connectivity index (χ0) is 10.2. The molecular weight excluding hydrogens is 215 g/mol. The van der Waals surface area contributed by atoms with Gasteiger partial charge in [0.25, 0.3) is 0 Å².